The van der Waals surface area contributed by atoms with Crippen LogP contribution in [0.3, 0.4) is 0 Å². The lowest BCUT2D eigenvalue weighted by molar-refractivity contribution is -0.110. The molecule has 0 fully saturated rings. The van der Waals surface area contributed by atoms with E-state index in [4.69, 9.17) is 15.9 Å². The van der Waals surface area contributed by atoms with Gasteiger partial charge < -0.3 is 10.3 Å². The Labute approximate surface area is 188 Å². The monoisotopic (exact) mass is 466 g/mol. The predicted molar refractivity (Wildman–Crippen MR) is 122 cm³/mol. The summed E-state index contributed by atoms with van der Waals surface area (Å²) in [5, 5.41) is 3.24. The number of nitrogens with one attached hydrogen (secondary N) is 3. The van der Waals surface area contributed by atoms with Gasteiger partial charge in [-0.3, -0.25) is 4.79 Å². The third-order valence-corrected chi connectivity index (χ3v) is 6.25. The van der Waals surface area contributed by atoms with Crippen LogP contribution in [-0.4, -0.2) is 24.3 Å². The number of nitrogens with zero attached hydrogens (tertiary/aromatic N) is 1. The van der Waals surface area contributed by atoms with Gasteiger partial charge in [-0.15, -0.1) is 4.28 Å². The van der Waals surface area contributed by atoms with Crippen molar-refractivity contribution in [1.82, 2.24) is 9.97 Å². The zero-order valence-corrected chi connectivity index (χ0v) is 17.9. The lowest BCUT2D eigenvalue weighted by Crippen LogP contribution is -2.11. The number of aromatic nitrogens is 2. The van der Waals surface area contributed by atoms with Crippen LogP contribution in [0, 0.1) is 0 Å². The summed E-state index contributed by atoms with van der Waals surface area (Å²) in [5.74, 6) is 0.133. The van der Waals surface area contributed by atoms with E-state index in [1.165, 1.54) is 18.2 Å². The quantitative estimate of drug-likeness (QED) is 0.296. The summed E-state index contributed by atoms with van der Waals surface area (Å²) in [6.07, 6.45) is 1.59. The van der Waals surface area contributed by atoms with E-state index in [1.807, 2.05) is 24.3 Å². The summed E-state index contributed by atoms with van der Waals surface area (Å²) in [6, 6.07) is 18.1. The van der Waals surface area contributed by atoms with Crippen molar-refractivity contribution in [2.24, 2.45) is 0 Å². The summed E-state index contributed by atoms with van der Waals surface area (Å²) in [4.78, 5) is 20.0. The Hall–Kier alpha value is -3.66. The van der Waals surface area contributed by atoms with E-state index in [-0.39, 0.29) is 10.8 Å². The van der Waals surface area contributed by atoms with Crippen molar-refractivity contribution < 1.29 is 17.5 Å². The number of para-hydroxylation sites is 2. The Kier molecular flexibility index (Phi) is 4.93. The van der Waals surface area contributed by atoms with E-state index in [2.05, 4.69) is 20.8 Å². The number of benzene rings is 3. The van der Waals surface area contributed by atoms with Gasteiger partial charge in [-0.05, 0) is 60.7 Å². The number of rotatable bonds is 5. The van der Waals surface area contributed by atoms with Gasteiger partial charge in [0.15, 0.2) is 0 Å². The van der Waals surface area contributed by atoms with Gasteiger partial charge in [0.25, 0.3) is 5.91 Å². The molecular weight excluding hydrogens is 452 g/mol. The number of anilines is 2. The number of hydrogen-bond donors (Lipinski definition) is 3. The number of carbonyl (C=O) groups is 1. The highest BCUT2D eigenvalue weighted by Gasteiger charge is 2.27. The Morgan fingerprint density at radius 1 is 1.03 bits per heavy atom. The highest BCUT2D eigenvalue weighted by molar-refractivity contribution is 7.86. The Morgan fingerprint density at radius 3 is 2.59 bits per heavy atom. The first-order valence-corrected chi connectivity index (χ1v) is 11.2. The molecule has 0 saturated heterocycles. The number of hydrogen-bond acceptors (Lipinski definition) is 6. The number of H-pyrrole nitrogens is 1. The molecule has 1 aliphatic heterocycles. The summed E-state index contributed by atoms with van der Waals surface area (Å²) >= 11 is 5.83. The number of amides is 1. The predicted octanol–water partition coefficient (Wildman–Crippen LogP) is 4.44. The van der Waals surface area contributed by atoms with Crippen LogP contribution in [0.5, 0.6) is 0 Å². The fourth-order valence-corrected chi connectivity index (χ4v) is 4.24. The summed E-state index contributed by atoms with van der Waals surface area (Å²) in [7, 11) is -4.16. The second kappa shape index (κ2) is 7.79. The first kappa shape index (κ1) is 20.3. The van der Waals surface area contributed by atoms with Crippen molar-refractivity contribution in [3.63, 3.8) is 0 Å². The average Bonchev–Trinajstić information content (AvgIpc) is 3.33. The molecule has 0 unspecified atom stereocenters. The number of carbonyl (C=O) groups excluding carboxylic acids is 1. The van der Waals surface area contributed by atoms with Gasteiger partial charge in [0.05, 0.1) is 27.2 Å². The van der Waals surface area contributed by atoms with Crippen LogP contribution in [0.15, 0.2) is 71.6 Å². The largest absolute Gasteiger partial charge is 0.338 e. The highest BCUT2D eigenvalue weighted by atomic mass is 35.5. The Bertz CT molecular complexity index is 1460. The molecule has 2 heterocycles. The van der Waals surface area contributed by atoms with Crippen molar-refractivity contribution in [2.45, 2.75) is 4.90 Å². The molecule has 10 heteroatoms. The van der Waals surface area contributed by atoms with Crippen LogP contribution in [-0.2, 0) is 19.2 Å². The molecule has 32 heavy (non-hydrogen) atoms. The van der Waals surface area contributed by atoms with Crippen LogP contribution in [0.2, 0.25) is 5.02 Å². The maximum atomic E-state index is 12.7. The zero-order valence-electron chi connectivity index (χ0n) is 16.3. The molecule has 1 amide bonds. The molecule has 1 aromatic heterocycles. The molecule has 0 spiro atoms. The standard InChI is InChI=1S/C22H15ClN4O4S/c23-13-5-7-14(8-6-13)27-31-32(29,30)15-9-10-18-16(11-15)17(22(28)26-18)12-21-24-19-3-1-2-4-20(19)25-21/h1-12,27H,(H,24,25)(H,26,28). The molecule has 3 N–H and O–H groups in total. The summed E-state index contributed by atoms with van der Waals surface area (Å²) in [6.45, 7) is 0. The first-order valence-electron chi connectivity index (χ1n) is 9.46. The molecule has 0 saturated carbocycles. The average molecular weight is 467 g/mol. The third-order valence-electron chi connectivity index (χ3n) is 4.86. The molecule has 160 valence electrons. The molecule has 0 bridgehead atoms. The molecule has 0 aliphatic carbocycles. The minimum Gasteiger partial charge on any atom is -0.338 e. The van der Waals surface area contributed by atoms with Crippen LogP contribution in [0.25, 0.3) is 22.7 Å². The van der Waals surface area contributed by atoms with Gasteiger partial charge >= 0.3 is 10.1 Å². The summed E-state index contributed by atoms with van der Waals surface area (Å²) < 4.78 is 30.3. The number of imidazole rings is 1. The molecule has 1 aliphatic rings. The SMILES string of the molecule is O=C1Nc2ccc(S(=O)(=O)ONc3ccc(Cl)cc3)cc2C1=Cc1nc2ccccc2[nH]1. The van der Waals surface area contributed by atoms with E-state index in [1.54, 1.807) is 30.3 Å². The number of fused-ring (bicyclic) bond motifs is 2. The normalized spacial score (nSPS) is 14.5. The lowest BCUT2D eigenvalue weighted by atomic mass is 10.1. The Morgan fingerprint density at radius 2 is 1.81 bits per heavy atom. The molecule has 3 aromatic carbocycles. The van der Waals surface area contributed by atoms with Crippen LogP contribution >= 0.6 is 11.6 Å². The number of aromatic amines is 1. The maximum absolute atomic E-state index is 12.7. The fraction of sp³-hybridized carbons (Fsp3) is 0. The van der Waals surface area contributed by atoms with Gasteiger partial charge in [0, 0.05) is 16.3 Å². The summed E-state index contributed by atoms with van der Waals surface area (Å²) in [5.41, 5.74) is 5.63. The van der Waals surface area contributed by atoms with Crippen molar-refractivity contribution in [3.05, 3.63) is 83.1 Å². The van der Waals surface area contributed by atoms with Crippen LogP contribution < -0.4 is 10.8 Å². The van der Waals surface area contributed by atoms with E-state index >= 15 is 0 Å². The van der Waals surface area contributed by atoms with Crippen molar-refractivity contribution in [1.29, 1.82) is 0 Å². The van der Waals surface area contributed by atoms with Crippen LogP contribution in [0.1, 0.15) is 11.4 Å². The maximum Gasteiger partial charge on any atom is 0.317 e. The smallest absolute Gasteiger partial charge is 0.317 e. The fourth-order valence-electron chi connectivity index (χ4n) is 3.31. The molecule has 0 atom stereocenters. The van der Waals surface area contributed by atoms with Gasteiger partial charge in [-0.1, -0.05) is 23.7 Å². The van der Waals surface area contributed by atoms with Gasteiger partial charge in [0.2, 0.25) is 0 Å². The van der Waals surface area contributed by atoms with Gasteiger partial charge in [-0.2, -0.15) is 8.42 Å². The first-order chi connectivity index (χ1) is 15.4. The zero-order chi connectivity index (χ0) is 22.3. The second-order valence-electron chi connectivity index (χ2n) is 7.01. The molecule has 0 radical (unpaired) electrons. The van der Waals surface area contributed by atoms with Gasteiger partial charge in [0.1, 0.15) is 5.82 Å². The van der Waals surface area contributed by atoms with Crippen molar-refractivity contribution in [2.75, 3.05) is 10.8 Å². The van der Waals surface area contributed by atoms with Crippen LogP contribution in [0.4, 0.5) is 11.4 Å². The van der Waals surface area contributed by atoms with E-state index in [9.17, 15) is 13.2 Å². The molecular formula is C22H15ClN4O4S. The van der Waals surface area contributed by atoms with Crippen molar-refractivity contribution in [3.8, 4) is 0 Å². The van der Waals surface area contributed by atoms with E-state index < -0.39 is 10.1 Å². The topological polar surface area (TPSA) is 113 Å². The lowest BCUT2D eigenvalue weighted by Gasteiger charge is -2.09. The minimum absolute atomic E-state index is 0.107. The van der Waals surface area contributed by atoms with Gasteiger partial charge in [-0.25, -0.2) is 10.5 Å². The second-order valence-corrected chi connectivity index (χ2v) is 8.99. The minimum atomic E-state index is -4.16. The highest BCUT2D eigenvalue weighted by Crippen LogP contribution is 2.35. The molecule has 5 rings (SSSR count). The van der Waals surface area contributed by atoms with E-state index in [0.717, 1.165) is 11.0 Å². The van der Waals surface area contributed by atoms with E-state index in [0.29, 0.717) is 33.4 Å². The molecule has 4 aromatic rings. The Balaban J connectivity index is 1.45. The third kappa shape index (κ3) is 3.84. The number of halogens is 1. The van der Waals surface area contributed by atoms with Crippen molar-refractivity contribution >= 4 is 61.7 Å². The molecule has 8 nitrogen and oxygen atoms in total.